The molecule has 2 aromatic carbocycles. The second kappa shape index (κ2) is 6.54. The predicted octanol–water partition coefficient (Wildman–Crippen LogP) is 3.69. The van der Waals surface area contributed by atoms with Crippen molar-refractivity contribution in [1.82, 2.24) is 9.88 Å². The molecule has 0 bridgehead atoms. The summed E-state index contributed by atoms with van der Waals surface area (Å²) in [7, 11) is 0. The molecule has 4 rings (SSSR count). The molecular weight excluding hydrogens is 322 g/mol. The SMILES string of the molecule is Cc1ccc2c(-c3cccc(C(=O)N4CC[C@H](N)C4)c3)ccnc2c1C. The van der Waals surface area contributed by atoms with E-state index in [1.165, 1.54) is 11.1 Å². The minimum atomic E-state index is 0.0604. The number of fused-ring (bicyclic) bond motifs is 1. The summed E-state index contributed by atoms with van der Waals surface area (Å²) in [6.07, 6.45) is 2.72. The number of pyridine rings is 1. The van der Waals surface area contributed by atoms with Gasteiger partial charge >= 0.3 is 0 Å². The second-order valence-corrected chi connectivity index (χ2v) is 7.14. The monoisotopic (exact) mass is 345 g/mol. The molecule has 1 fully saturated rings. The maximum atomic E-state index is 12.8. The Bertz CT molecular complexity index is 996. The Labute approximate surface area is 153 Å². The summed E-state index contributed by atoms with van der Waals surface area (Å²) in [4.78, 5) is 19.2. The first-order chi connectivity index (χ1) is 12.5. The summed E-state index contributed by atoms with van der Waals surface area (Å²) >= 11 is 0. The minimum Gasteiger partial charge on any atom is -0.337 e. The largest absolute Gasteiger partial charge is 0.337 e. The van der Waals surface area contributed by atoms with Crippen molar-refractivity contribution in [2.75, 3.05) is 13.1 Å². The lowest BCUT2D eigenvalue weighted by molar-refractivity contribution is 0.0791. The van der Waals surface area contributed by atoms with Crippen LogP contribution < -0.4 is 5.73 Å². The van der Waals surface area contributed by atoms with Crippen LogP contribution in [0.3, 0.4) is 0 Å². The lowest BCUT2D eigenvalue weighted by Gasteiger charge is -2.16. The number of aromatic nitrogens is 1. The molecule has 2 N–H and O–H groups in total. The molecule has 2 heterocycles. The number of carbonyl (C=O) groups is 1. The molecule has 1 aromatic heterocycles. The average Bonchev–Trinajstić information content (AvgIpc) is 3.10. The number of hydrogen-bond acceptors (Lipinski definition) is 3. The van der Waals surface area contributed by atoms with Gasteiger partial charge in [-0.1, -0.05) is 24.3 Å². The normalized spacial score (nSPS) is 17.0. The van der Waals surface area contributed by atoms with E-state index in [9.17, 15) is 4.79 Å². The lowest BCUT2D eigenvalue weighted by atomic mass is 9.96. The summed E-state index contributed by atoms with van der Waals surface area (Å²) < 4.78 is 0. The van der Waals surface area contributed by atoms with Crippen molar-refractivity contribution in [3.63, 3.8) is 0 Å². The molecule has 1 atom stereocenters. The van der Waals surface area contributed by atoms with Crippen LogP contribution in [0.2, 0.25) is 0 Å². The van der Waals surface area contributed by atoms with Crippen molar-refractivity contribution in [2.45, 2.75) is 26.3 Å². The van der Waals surface area contributed by atoms with Gasteiger partial charge in [0.15, 0.2) is 0 Å². The van der Waals surface area contributed by atoms with Crippen LogP contribution in [-0.4, -0.2) is 34.9 Å². The number of benzene rings is 2. The Morgan fingerprint density at radius 2 is 2.04 bits per heavy atom. The van der Waals surface area contributed by atoms with E-state index < -0.39 is 0 Å². The molecule has 4 nitrogen and oxygen atoms in total. The van der Waals surface area contributed by atoms with Gasteiger partial charge in [-0.15, -0.1) is 0 Å². The highest BCUT2D eigenvalue weighted by molar-refractivity contribution is 5.99. The third-order valence-electron chi connectivity index (χ3n) is 5.37. The lowest BCUT2D eigenvalue weighted by Crippen LogP contribution is -2.31. The number of nitrogens with zero attached hydrogens (tertiary/aromatic N) is 2. The molecule has 0 unspecified atom stereocenters. The topological polar surface area (TPSA) is 59.2 Å². The van der Waals surface area contributed by atoms with Gasteiger partial charge in [-0.05, 0) is 60.7 Å². The fraction of sp³-hybridized carbons (Fsp3) is 0.273. The van der Waals surface area contributed by atoms with Crippen LogP contribution in [0.5, 0.6) is 0 Å². The highest BCUT2D eigenvalue weighted by Crippen LogP contribution is 2.30. The second-order valence-electron chi connectivity index (χ2n) is 7.14. The maximum Gasteiger partial charge on any atom is 0.253 e. The van der Waals surface area contributed by atoms with Crippen LogP contribution in [0.15, 0.2) is 48.7 Å². The van der Waals surface area contributed by atoms with E-state index in [1.54, 1.807) is 0 Å². The van der Waals surface area contributed by atoms with E-state index in [1.807, 2.05) is 35.4 Å². The van der Waals surface area contributed by atoms with E-state index in [0.29, 0.717) is 12.1 Å². The molecule has 26 heavy (non-hydrogen) atoms. The molecule has 1 amide bonds. The van der Waals surface area contributed by atoms with Crippen LogP contribution in [0.25, 0.3) is 22.0 Å². The summed E-state index contributed by atoms with van der Waals surface area (Å²) in [5, 5.41) is 1.11. The van der Waals surface area contributed by atoms with Crippen molar-refractivity contribution in [1.29, 1.82) is 0 Å². The molecule has 1 aliphatic heterocycles. The average molecular weight is 345 g/mol. The molecule has 1 aliphatic rings. The van der Waals surface area contributed by atoms with Crippen molar-refractivity contribution < 1.29 is 4.79 Å². The fourth-order valence-corrected chi connectivity index (χ4v) is 3.69. The molecule has 0 saturated carbocycles. The first-order valence-corrected chi connectivity index (χ1v) is 9.05. The van der Waals surface area contributed by atoms with Crippen molar-refractivity contribution >= 4 is 16.8 Å². The van der Waals surface area contributed by atoms with Crippen LogP contribution in [-0.2, 0) is 0 Å². The highest BCUT2D eigenvalue weighted by Gasteiger charge is 2.24. The van der Waals surface area contributed by atoms with Gasteiger partial charge in [0.05, 0.1) is 5.52 Å². The number of carbonyl (C=O) groups excluding carboxylic acids is 1. The zero-order valence-electron chi connectivity index (χ0n) is 15.2. The van der Waals surface area contributed by atoms with Gasteiger partial charge in [0.2, 0.25) is 0 Å². The molecular formula is C22H23N3O. The van der Waals surface area contributed by atoms with E-state index in [0.717, 1.165) is 35.0 Å². The summed E-state index contributed by atoms with van der Waals surface area (Å²) in [5.41, 5.74) is 12.3. The third kappa shape index (κ3) is 2.86. The zero-order chi connectivity index (χ0) is 18.3. The third-order valence-corrected chi connectivity index (χ3v) is 5.37. The number of aryl methyl sites for hydroxylation is 2. The number of likely N-dealkylation sites (tertiary alicyclic amines) is 1. The number of nitrogens with two attached hydrogens (primary N) is 1. The van der Waals surface area contributed by atoms with Crippen LogP contribution in [0.4, 0.5) is 0 Å². The van der Waals surface area contributed by atoms with E-state index in [4.69, 9.17) is 5.73 Å². The van der Waals surface area contributed by atoms with Gasteiger partial charge < -0.3 is 10.6 Å². The highest BCUT2D eigenvalue weighted by atomic mass is 16.2. The Hall–Kier alpha value is -2.72. The fourth-order valence-electron chi connectivity index (χ4n) is 3.69. The first-order valence-electron chi connectivity index (χ1n) is 9.05. The van der Waals surface area contributed by atoms with Gasteiger partial charge in [-0.2, -0.15) is 0 Å². The van der Waals surface area contributed by atoms with Gasteiger partial charge in [0.25, 0.3) is 5.91 Å². The maximum absolute atomic E-state index is 12.8. The standard InChI is InChI=1S/C22H23N3O/c1-14-6-7-20-19(8-10-24-21(20)15(14)2)16-4-3-5-17(12-16)22(26)25-11-9-18(23)13-25/h3-8,10,12,18H,9,11,13,23H2,1-2H3/t18-/m0/s1. The van der Waals surface area contributed by atoms with Crippen LogP contribution in [0, 0.1) is 13.8 Å². The summed E-state index contributed by atoms with van der Waals surface area (Å²) in [6, 6.07) is 14.2. The Morgan fingerprint density at radius 3 is 2.81 bits per heavy atom. The molecule has 0 aliphatic carbocycles. The quantitative estimate of drug-likeness (QED) is 0.770. The Balaban J connectivity index is 1.77. The van der Waals surface area contributed by atoms with E-state index in [-0.39, 0.29) is 11.9 Å². The van der Waals surface area contributed by atoms with Gasteiger partial charge in [-0.3, -0.25) is 9.78 Å². The van der Waals surface area contributed by atoms with Crippen molar-refractivity contribution in [2.24, 2.45) is 5.73 Å². The zero-order valence-corrected chi connectivity index (χ0v) is 15.2. The molecule has 1 saturated heterocycles. The first kappa shape index (κ1) is 16.7. The minimum absolute atomic E-state index is 0.0604. The van der Waals surface area contributed by atoms with Crippen LogP contribution >= 0.6 is 0 Å². The molecule has 3 aromatic rings. The molecule has 0 spiro atoms. The van der Waals surface area contributed by atoms with Gasteiger partial charge in [0.1, 0.15) is 0 Å². The van der Waals surface area contributed by atoms with Crippen LogP contribution in [0.1, 0.15) is 27.9 Å². The van der Waals surface area contributed by atoms with Gasteiger partial charge in [0, 0.05) is 36.3 Å². The number of rotatable bonds is 2. The number of amides is 1. The van der Waals surface area contributed by atoms with Crippen molar-refractivity contribution in [3.8, 4) is 11.1 Å². The van der Waals surface area contributed by atoms with Crippen molar-refractivity contribution in [3.05, 3.63) is 65.4 Å². The van der Waals surface area contributed by atoms with E-state index in [2.05, 4.69) is 37.0 Å². The Morgan fingerprint density at radius 1 is 1.19 bits per heavy atom. The summed E-state index contributed by atoms with van der Waals surface area (Å²) in [5.74, 6) is 0.0604. The predicted molar refractivity (Wildman–Crippen MR) is 105 cm³/mol. The Kier molecular flexibility index (Phi) is 4.21. The van der Waals surface area contributed by atoms with Gasteiger partial charge in [-0.25, -0.2) is 0 Å². The molecule has 132 valence electrons. The summed E-state index contributed by atoms with van der Waals surface area (Å²) in [6.45, 7) is 5.58. The van der Waals surface area contributed by atoms with E-state index >= 15 is 0 Å². The smallest absolute Gasteiger partial charge is 0.253 e. The number of hydrogen-bond donors (Lipinski definition) is 1. The molecule has 0 radical (unpaired) electrons. The molecule has 4 heteroatoms.